The molecule has 1 fully saturated rings. The lowest BCUT2D eigenvalue weighted by Gasteiger charge is -2.33. The molecular weight excluding hydrogens is 236 g/mol. The van der Waals surface area contributed by atoms with Crippen molar-refractivity contribution in [2.45, 2.75) is 32.9 Å². The molecule has 0 bridgehead atoms. The van der Waals surface area contributed by atoms with Gasteiger partial charge in [-0.05, 0) is 37.6 Å². The van der Waals surface area contributed by atoms with Crippen LogP contribution in [0.15, 0.2) is 24.3 Å². The predicted octanol–water partition coefficient (Wildman–Crippen LogP) is -0.223. The van der Waals surface area contributed by atoms with Crippen LogP contribution in [0.25, 0.3) is 0 Å². The van der Waals surface area contributed by atoms with Gasteiger partial charge >= 0.3 is 0 Å². The lowest BCUT2D eigenvalue weighted by molar-refractivity contribution is -1.03. The van der Waals surface area contributed by atoms with Crippen molar-refractivity contribution in [2.24, 2.45) is 0 Å². The fourth-order valence-corrected chi connectivity index (χ4v) is 2.91. The maximum atomic E-state index is 5.20. The van der Waals surface area contributed by atoms with E-state index in [0.29, 0.717) is 0 Å². The lowest BCUT2D eigenvalue weighted by Crippen LogP contribution is -3.29. The Morgan fingerprint density at radius 3 is 2.26 bits per heavy atom. The summed E-state index contributed by atoms with van der Waals surface area (Å²) in [6, 6.07) is 9.34. The van der Waals surface area contributed by atoms with Crippen LogP contribution >= 0.6 is 0 Å². The van der Waals surface area contributed by atoms with E-state index < -0.39 is 0 Å². The predicted molar refractivity (Wildman–Crippen MR) is 77.8 cm³/mol. The molecule has 0 aliphatic carbocycles. The first-order valence-corrected chi connectivity index (χ1v) is 7.54. The van der Waals surface area contributed by atoms with Gasteiger partial charge in [0.25, 0.3) is 0 Å². The molecule has 0 amide bonds. The Kier molecular flexibility index (Phi) is 5.23. The molecule has 1 aliphatic rings. The summed E-state index contributed by atoms with van der Waals surface area (Å²) in [6.45, 7) is 11.1. The molecule has 0 aromatic heterocycles. The molecule has 1 aromatic carbocycles. The monoisotopic (exact) mass is 264 g/mol. The van der Waals surface area contributed by atoms with Crippen LogP contribution in [0.3, 0.4) is 0 Å². The van der Waals surface area contributed by atoms with Crippen LogP contribution in [0, 0.1) is 0 Å². The Bertz CT molecular complexity index is 369. The molecule has 1 atom stereocenters. The summed E-state index contributed by atoms with van der Waals surface area (Å²) in [5.74, 6) is 0.949. The molecule has 106 valence electrons. The SMILES string of the molecule is CC[C@@H](C)[NH+]1CC[NH+](Cc2ccc(OC)cc2)CC1. The average Bonchev–Trinajstić information content (AvgIpc) is 2.48. The molecule has 2 N–H and O–H groups in total. The van der Waals surface area contributed by atoms with Crippen LogP contribution in [0.1, 0.15) is 25.8 Å². The normalized spacial score (nSPS) is 25.0. The van der Waals surface area contributed by atoms with Crippen molar-refractivity contribution < 1.29 is 14.5 Å². The number of piperazine rings is 1. The first-order valence-electron chi connectivity index (χ1n) is 7.54. The third-order valence-corrected chi connectivity index (χ3v) is 4.52. The van der Waals surface area contributed by atoms with Gasteiger partial charge in [-0.3, -0.25) is 0 Å². The Morgan fingerprint density at radius 1 is 1.11 bits per heavy atom. The first-order chi connectivity index (χ1) is 9.22. The van der Waals surface area contributed by atoms with Crippen molar-refractivity contribution in [3.8, 4) is 5.75 Å². The minimum Gasteiger partial charge on any atom is -0.497 e. The van der Waals surface area contributed by atoms with Crippen molar-refractivity contribution >= 4 is 0 Å². The summed E-state index contributed by atoms with van der Waals surface area (Å²) in [5, 5.41) is 0. The number of hydrogen-bond acceptors (Lipinski definition) is 1. The number of hydrogen-bond donors (Lipinski definition) is 2. The van der Waals surface area contributed by atoms with E-state index in [4.69, 9.17) is 4.74 Å². The third kappa shape index (κ3) is 3.95. The van der Waals surface area contributed by atoms with Crippen molar-refractivity contribution in [2.75, 3.05) is 33.3 Å². The van der Waals surface area contributed by atoms with Crippen LogP contribution < -0.4 is 14.5 Å². The largest absolute Gasteiger partial charge is 0.497 e. The highest BCUT2D eigenvalue weighted by molar-refractivity contribution is 5.26. The van der Waals surface area contributed by atoms with Crippen LogP contribution in [-0.2, 0) is 6.54 Å². The Labute approximate surface area is 117 Å². The molecule has 1 heterocycles. The molecule has 0 unspecified atom stereocenters. The van der Waals surface area contributed by atoms with Gasteiger partial charge in [0.1, 0.15) is 38.5 Å². The Hall–Kier alpha value is -1.06. The van der Waals surface area contributed by atoms with Crippen molar-refractivity contribution in [3.05, 3.63) is 29.8 Å². The molecule has 1 aromatic rings. The molecule has 0 radical (unpaired) electrons. The van der Waals surface area contributed by atoms with E-state index in [1.54, 1.807) is 16.9 Å². The summed E-state index contributed by atoms with van der Waals surface area (Å²) in [4.78, 5) is 3.51. The van der Waals surface area contributed by atoms with Gasteiger partial charge < -0.3 is 14.5 Å². The second-order valence-corrected chi connectivity index (χ2v) is 5.74. The van der Waals surface area contributed by atoms with Gasteiger partial charge in [0.15, 0.2) is 0 Å². The molecule has 2 rings (SSSR count). The maximum absolute atomic E-state index is 5.20. The zero-order valence-corrected chi connectivity index (χ0v) is 12.5. The maximum Gasteiger partial charge on any atom is 0.127 e. The standard InChI is InChI=1S/C16H26N2O/c1-4-14(2)18-11-9-17(10-12-18)13-15-5-7-16(19-3)8-6-15/h5-8,14H,4,9-13H2,1-3H3/p+2/t14-/m1/s1. The molecule has 1 aliphatic heterocycles. The number of quaternary nitrogens is 2. The highest BCUT2D eigenvalue weighted by Crippen LogP contribution is 2.10. The second kappa shape index (κ2) is 6.92. The molecule has 19 heavy (non-hydrogen) atoms. The van der Waals surface area contributed by atoms with Gasteiger partial charge in [-0.1, -0.05) is 6.92 Å². The molecule has 3 nitrogen and oxygen atoms in total. The fourth-order valence-electron chi connectivity index (χ4n) is 2.91. The molecule has 3 heteroatoms. The van der Waals surface area contributed by atoms with Gasteiger partial charge in [-0.15, -0.1) is 0 Å². The molecular formula is C16H28N2O+2. The summed E-state index contributed by atoms with van der Waals surface area (Å²) in [5.41, 5.74) is 1.42. The summed E-state index contributed by atoms with van der Waals surface area (Å²) in [7, 11) is 1.72. The first kappa shape index (κ1) is 14.4. The van der Waals surface area contributed by atoms with Crippen molar-refractivity contribution in [1.82, 2.24) is 0 Å². The summed E-state index contributed by atoms with van der Waals surface area (Å²) >= 11 is 0. The highest BCUT2D eigenvalue weighted by atomic mass is 16.5. The lowest BCUT2D eigenvalue weighted by atomic mass is 10.1. The third-order valence-electron chi connectivity index (χ3n) is 4.52. The van der Waals surface area contributed by atoms with Gasteiger partial charge in [-0.2, -0.15) is 0 Å². The smallest absolute Gasteiger partial charge is 0.127 e. The zero-order valence-electron chi connectivity index (χ0n) is 12.5. The summed E-state index contributed by atoms with van der Waals surface area (Å²) < 4.78 is 5.20. The van der Waals surface area contributed by atoms with E-state index in [1.165, 1.54) is 38.2 Å². The summed E-state index contributed by atoms with van der Waals surface area (Å²) in [6.07, 6.45) is 1.29. The Morgan fingerprint density at radius 2 is 1.74 bits per heavy atom. The van der Waals surface area contributed by atoms with Crippen LogP contribution in [0.5, 0.6) is 5.75 Å². The highest BCUT2D eigenvalue weighted by Gasteiger charge is 2.25. The minimum atomic E-state index is 0.822. The minimum absolute atomic E-state index is 0.822. The van der Waals surface area contributed by atoms with Crippen LogP contribution in [0.2, 0.25) is 0 Å². The van der Waals surface area contributed by atoms with Gasteiger partial charge in [0.05, 0.1) is 13.2 Å². The van der Waals surface area contributed by atoms with E-state index in [9.17, 15) is 0 Å². The van der Waals surface area contributed by atoms with Gasteiger partial charge in [0.2, 0.25) is 0 Å². The van der Waals surface area contributed by atoms with E-state index in [1.807, 2.05) is 0 Å². The van der Waals surface area contributed by atoms with E-state index >= 15 is 0 Å². The fraction of sp³-hybridized carbons (Fsp3) is 0.625. The quantitative estimate of drug-likeness (QED) is 0.752. The van der Waals surface area contributed by atoms with E-state index in [2.05, 4.69) is 38.1 Å². The van der Waals surface area contributed by atoms with Crippen LogP contribution in [-0.4, -0.2) is 39.3 Å². The number of ether oxygens (including phenoxy) is 1. The second-order valence-electron chi connectivity index (χ2n) is 5.74. The topological polar surface area (TPSA) is 18.1 Å². The van der Waals surface area contributed by atoms with Gasteiger partial charge in [0, 0.05) is 5.56 Å². The van der Waals surface area contributed by atoms with Crippen molar-refractivity contribution in [3.63, 3.8) is 0 Å². The zero-order chi connectivity index (χ0) is 13.7. The number of methoxy groups -OCH3 is 1. The average molecular weight is 264 g/mol. The van der Waals surface area contributed by atoms with Crippen LogP contribution in [0.4, 0.5) is 0 Å². The van der Waals surface area contributed by atoms with Crippen molar-refractivity contribution in [1.29, 1.82) is 0 Å². The number of rotatable bonds is 5. The van der Waals surface area contributed by atoms with Gasteiger partial charge in [-0.25, -0.2) is 0 Å². The Balaban J connectivity index is 1.81. The number of nitrogens with one attached hydrogen (secondary N) is 2. The molecule has 0 saturated carbocycles. The molecule has 0 spiro atoms. The van der Waals surface area contributed by atoms with E-state index in [-0.39, 0.29) is 0 Å². The molecule has 1 saturated heterocycles. The van der Waals surface area contributed by atoms with E-state index in [0.717, 1.165) is 18.3 Å². The number of benzene rings is 1.